The van der Waals surface area contributed by atoms with E-state index >= 15 is 0 Å². The lowest BCUT2D eigenvalue weighted by Gasteiger charge is -2.24. The van der Waals surface area contributed by atoms with E-state index in [1.165, 1.54) is 11.8 Å². The van der Waals surface area contributed by atoms with Gasteiger partial charge in [-0.2, -0.15) is 0 Å². The second kappa shape index (κ2) is 15.6. The van der Waals surface area contributed by atoms with Crippen LogP contribution in [-0.4, -0.2) is 56.7 Å². The predicted octanol–water partition coefficient (Wildman–Crippen LogP) is 8.23. The molecule has 1 heterocycles. The molecule has 1 fully saturated rings. The number of benzene rings is 3. The smallest absolute Gasteiger partial charge is 0.345 e. The molecule has 12 heteroatoms. The maximum Gasteiger partial charge on any atom is 0.345 e. The van der Waals surface area contributed by atoms with Gasteiger partial charge in [-0.25, -0.2) is 9.86 Å². The maximum atomic E-state index is 12.9. The maximum absolute atomic E-state index is 12.9. The van der Waals surface area contributed by atoms with Crippen LogP contribution >= 0.6 is 27.7 Å². The number of carbonyl (C=O) groups excluding carboxylic acids is 1. The van der Waals surface area contributed by atoms with Crippen LogP contribution in [-0.2, 0) is 4.74 Å². The largest absolute Gasteiger partial charge is 0.493 e. The van der Waals surface area contributed by atoms with Crippen molar-refractivity contribution in [1.82, 2.24) is 5.06 Å². The van der Waals surface area contributed by atoms with Crippen LogP contribution in [0.4, 0.5) is 10.5 Å². The Balaban J connectivity index is 1.64. The number of ether oxygens (including phenoxy) is 6. The van der Waals surface area contributed by atoms with Gasteiger partial charge in [0.15, 0.2) is 23.0 Å². The van der Waals surface area contributed by atoms with E-state index in [0.29, 0.717) is 45.9 Å². The summed E-state index contributed by atoms with van der Waals surface area (Å²) >= 11 is 5.02. The van der Waals surface area contributed by atoms with Crippen LogP contribution in [0.3, 0.4) is 0 Å². The molecule has 2 N–H and O–H groups in total. The predicted molar refractivity (Wildman–Crippen MR) is 173 cm³/mol. The second-order valence-electron chi connectivity index (χ2n) is 10.1. The molecule has 10 nitrogen and oxygen atoms in total. The number of hydrogen-bond donors (Lipinski definition) is 2. The number of thioether (sulfide) groups is 1. The summed E-state index contributed by atoms with van der Waals surface area (Å²) < 4.78 is 36.2. The normalized spacial score (nSPS) is 16.6. The minimum atomic E-state index is -0.675. The van der Waals surface area contributed by atoms with Crippen LogP contribution in [0.2, 0.25) is 0 Å². The Bertz CT molecular complexity index is 1420. The monoisotopic (exact) mass is 690 g/mol. The molecule has 0 saturated carbocycles. The Morgan fingerprint density at radius 3 is 2.11 bits per heavy atom. The fourth-order valence-corrected chi connectivity index (χ4v) is 6.44. The number of methoxy groups -OCH3 is 4. The third-order valence-corrected chi connectivity index (χ3v) is 8.49. The molecule has 0 bridgehead atoms. The van der Waals surface area contributed by atoms with Crippen molar-refractivity contribution in [2.24, 2.45) is 0 Å². The van der Waals surface area contributed by atoms with Crippen molar-refractivity contribution < 1.29 is 38.4 Å². The van der Waals surface area contributed by atoms with Crippen LogP contribution in [0.1, 0.15) is 56.4 Å². The summed E-state index contributed by atoms with van der Waals surface area (Å²) in [7, 11) is 6.28. The average molecular weight is 692 g/mol. The van der Waals surface area contributed by atoms with Crippen LogP contribution in [0.5, 0.6) is 28.7 Å². The molecule has 3 atom stereocenters. The summed E-state index contributed by atoms with van der Waals surface area (Å²) in [5.74, 6) is 2.40. The zero-order chi connectivity index (χ0) is 31.8. The van der Waals surface area contributed by atoms with E-state index in [9.17, 15) is 10.0 Å². The molecular formula is C32H39BrN2O8S. The van der Waals surface area contributed by atoms with Gasteiger partial charge in [0.25, 0.3) is 0 Å². The van der Waals surface area contributed by atoms with Crippen molar-refractivity contribution >= 4 is 39.4 Å². The first-order chi connectivity index (χ1) is 21.2. The highest BCUT2D eigenvalue weighted by Gasteiger charge is 2.31. The number of nitrogens with one attached hydrogen (secondary N) is 1. The number of hydroxylamine groups is 2. The van der Waals surface area contributed by atoms with E-state index in [1.807, 2.05) is 62.4 Å². The van der Waals surface area contributed by atoms with Crippen LogP contribution in [0.25, 0.3) is 0 Å². The number of nitrogens with zero attached hydrogens (tertiary/aromatic N) is 1. The van der Waals surface area contributed by atoms with Gasteiger partial charge in [-0.1, -0.05) is 40.7 Å². The lowest BCUT2D eigenvalue weighted by molar-refractivity contribution is -0.0369. The zero-order valence-corrected chi connectivity index (χ0v) is 28.1. The Morgan fingerprint density at radius 2 is 1.57 bits per heavy atom. The average Bonchev–Trinajstić information content (AvgIpc) is 3.51. The van der Waals surface area contributed by atoms with E-state index in [2.05, 4.69) is 21.2 Å². The summed E-state index contributed by atoms with van der Waals surface area (Å²) in [4.78, 5) is 13.9. The molecule has 0 spiro atoms. The van der Waals surface area contributed by atoms with Gasteiger partial charge >= 0.3 is 6.03 Å². The van der Waals surface area contributed by atoms with E-state index in [4.69, 9.17) is 28.4 Å². The van der Waals surface area contributed by atoms with Crippen molar-refractivity contribution in [3.8, 4) is 28.7 Å². The standard InChI is InChI=1S/C32H39BrN2O8S/c1-7-13-35(37)32(36)34-24-14-20(15-27(38-3)30(24)42-19(2)44-23-10-8-9-22(33)18-23)25-11-12-26(43-25)21-16-28(39-4)31(41-6)29(17-21)40-5/h8-10,14-19,25-26,37H,7,11-13H2,1-6H3,(H,34,36). The molecule has 4 rings (SSSR count). The van der Waals surface area contributed by atoms with Crippen LogP contribution in [0.15, 0.2) is 57.9 Å². The fraction of sp³-hybridized carbons (Fsp3) is 0.406. The van der Waals surface area contributed by atoms with E-state index in [0.717, 1.165) is 33.3 Å². The van der Waals surface area contributed by atoms with Crippen molar-refractivity contribution in [3.05, 3.63) is 64.1 Å². The number of halogens is 1. The SMILES string of the molecule is CCCN(O)C(=O)Nc1cc(C2CCC(c3cc(OC)c(OC)c(OC)c3)O2)cc(OC)c1OC(C)Sc1cccc(Br)c1. The Morgan fingerprint density at radius 1 is 0.977 bits per heavy atom. The molecule has 3 aromatic carbocycles. The van der Waals surface area contributed by atoms with Crippen LogP contribution in [0, 0.1) is 0 Å². The van der Waals surface area contributed by atoms with Gasteiger partial charge < -0.3 is 33.7 Å². The Labute approximate surface area is 271 Å². The van der Waals surface area contributed by atoms with E-state index in [-0.39, 0.29) is 24.2 Å². The summed E-state index contributed by atoms with van der Waals surface area (Å²) in [6.45, 7) is 3.97. The molecule has 44 heavy (non-hydrogen) atoms. The molecule has 3 unspecified atom stereocenters. The third-order valence-electron chi connectivity index (χ3n) is 7.04. The summed E-state index contributed by atoms with van der Waals surface area (Å²) in [5.41, 5.74) is 1.72. The minimum absolute atomic E-state index is 0.177. The van der Waals surface area contributed by atoms with Gasteiger partial charge in [0.2, 0.25) is 5.75 Å². The topological polar surface area (TPSA) is 108 Å². The lowest BCUT2D eigenvalue weighted by Crippen LogP contribution is -2.32. The highest BCUT2D eigenvalue weighted by Crippen LogP contribution is 2.48. The highest BCUT2D eigenvalue weighted by molar-refractivity contribution is 9.10. The molecule has 2 amide bonds. The summed E-state index contributed by atoms with van der Waals surface area (Å²) in [6, 6.07) is 14.7. The molecule has 3 aromatic rings. The first kappa shape index (κ1) is 33.6. The van der Waals surface area contributed by atoms with Crippen molar-refractivity contribution in [2.75, 3.05) is 40.3 Å². The molecule has 0 aromatic heterocycles. The van der Waals surface area contributed by atoms with Crippen molar-refractivity contribution in [2.45, 2.75) is 55.6 Å². The van der Waals surface area contributed by atoms with Crippen molar-refractivity contribution in [3.63, 3.8) is 0 Å². The third kappa shape index (κ3) is 8.03. The number of amides is 2. The molecule has 1 aliphatic rings. The number of urea groups is 1. The molecular weight excluding hydrogens is 652 g/mol. The molecule has 1 aliphatic heterocycles. The highest BCUT2D eigenvalue weighted by atomic mass is 79.9. The Kier molecular flexibility index (Phi) is 11.9. The summed E-state index contributed by atoms with van der Waals surface area (Å²) in [6.07, 6.45) is 1.52. The second-order valence-corrected chi connectivity index (χ2v) is 12.3. The van der Waals surface area contributed by atoms with Gasteiger partial charge in [0.05, 0.1) is 46.3 Å². The molecule has 1 saturated heterocycles. The van der Waals surface area contributed by atoms with Gasteiger partial charge in [-0.15, -0.1) is 0 Å². The van der Waals surface area contributed by atoms with Gasteiger partial charge in [-0.3, -0.25) is 5.21 Å². The van der Waals surface area contributed by atoms with Gasteiger partial charge in [-0.05, 0) is 79.8 Å². The number of anilines is 1. The number of hydrogen-bond acceptors (Lipinski definition) is 9. The van der Waals surface area contributed by atoms with Crippen LogP contribution < -0.4 is 29.0 Å². The quantitative estimate of drug-likeness (QED) is 0.0794. The number of carbonyl (C=O) groups is 1. The molecule has 0 aliphatic carbocycles. The first-order valence-electron chi connectivity index (χ1n) is 14.2. The summed E-state index contributed by atoms with van der Waals surface area (Å²) in [5, 5.41) is 13.7. The van der Waals surface area contributed by atoms with Gasteiger partial charge in [0.1, 0.15) is 5.44 Å². The first-order valence-corrected chi connectivity index (χ1v) is 15.9. The van der Waals surface area contributed by atoms with E-state index in [1.54, 1.807) is 28.4 Å². The van der Waals surface area contributed by atoms with Crippen molar-refractivity contribution in [1.29, 1.82) is 0 Å². The minimum Gasteiger partial charge on any atom is -0.493 e. The Hall–Kier alpha value is -3.32. The fourth-order valence-electron chi connectivity index (χ4n) is 5.01. The molecule has 238 valence electrons. The lowest BCUT2D eigenvalue weighted by atomic mass is 10.0. The molecule has 0 radical (unpaired) electrons. The number of rotatable bonds is 13. The zero-order valence-electron chi connectivity index (χ0n) is 25.7. The van der Waals surface area contributed by atoms with E-state index < -0.39 is 6.03 Å². The van der Waals surface area contributed by atoms with Gasteiger partial charge in [0, 0.05) is 15.9 Å².